The maximum atomic E-state index is 11.8. The first-order valence-electron chi connectivity index (χ1n) is 8.92. The lowest BCUT2D eigenvalue weighted by molar-refractivity contribution is -0.384. The van der Waals surface area contributed by atoms with Crippen LogP contribution in [0.2, 0.25) is 0 Å². The Hall–Kier alpha value is -2.93. The number of nitrogens with zero attached hydrogens (tertiary/aromatic N) is 3. The third-order valence-corrected chi connectivity index (χ3v) is 4.63. The third-order valence-electron chi connectivity index (χ3n) is 4.63. The molecule has 0 spiro atoms. The number of ether oxygens (including phenoxy) is 1. The monoisotopic (exact) mass is 369 g/mol. The van der Waals surface area contributed by atoms with Crippen LogP contribution < -0.4 is 0 Å². The SMILES string of the molecule is CN1CC[C@@H](CN(Cc2ccccc2)Cc2ccc([N+](=O)[O-])cc2)OC1=O. The summed E-state index contributed by atoms with van der Waals surface area (Å²) in [7, 11) is 1.73. The number of carbonyl (C=O) groups excluding carboxylic acids is 1. The zero-order valence-electron chi connectivity index (χ0n) is 15.3. The Labute approximate surface area is 158 Å². The quantitative estimate of drug-likeness (QED) is 0.552. The Morgan fingerprint density at radius 3 is 2.33 bits per heavy atom. The van der Waals surface area contributed by atoms with Crippen LogP contribution in [0.25, 0.3) is 0 Å². The lowest BCUT2D eigenvalue weighted by atomic mass is 10.1. The maximum absolute atomic E-state index is 11.8. The summed E-state index contributed by atoms with van der Waals surface area (Å²) in [6, 6.07) is 16.7. The average molecular weight is 369 g/mol. The summed E-state index contributed by atoms with van der Waals surface area (Å²) in [5.41, 5.74) is 2.23. The van der Waals surface area contributed by atoms with Crippen molar-refractivity contribution in [2.24, 2.45) is 0 Å². The second-order valence-electron chi connectivity index (χ2n) is 6.79. The Balaban J connectivity index is 1.70. The molecule has 142 valence electrons. The van der Waals surface area contributed by atoms with Gasteiger partial charge < -0.3 is 9.64 Å². The van der Waals surface area contributed by atoms with Crippen molar-refractivity contribution in [2.75, 3.05) is 20.1 Å². The van der Waals surface area contributed by atoms with Gasteiger partial charge >= 0.3 is 6.09 Å². The molecule has 0 N–H and O–H groups in total. The molecule has 7 nitrogen and oxygen atoms in total. The van der Waals surface area contributed by atoms with Crippen LogP contribution >= 0.6 is 0 Å². The molecule has 2 aromatic rings. The molecule has 1 atom stereocenters. The van der Waals surface area contributed by atoms with Crippen molar-refractivity contribution < 1.29 is 14.5 Å². The van der Waals surface area contributed by atoms with Crippen molar-refractivity contribution in [3.63, 3.8) is 0 Å². The molecule has 1 fully saturated rings. The van der Waals surface area contributed by atoms with Crippen LogP contribution in [-0.4, -0.2) is 47.1 Å². The molecule has 3 rings (SSSR count). The first-order valence-corrected chi connectivity index (χ1v) is 8.92. The van der Waals surface area contributed by atoms with Gasteiger partial charge in [-0.05, 0) is 11.1 Å². The molecule has 1 aliphatic rings. The fourth-order valence-corrected chi connectivity index (χ4v) is 3.14. The number of amides is 1. The van der Waals surface area contributed by atoms with Gasteiger partial charge in [-0.2, -0.15) is 0 Å². The zero-order valence-corrected chi connectivity index (χ0v) is 15.3. The van der Waals surface area contributed by atoms with Gasteiger partial charge in [0.25, 0.3) is 5.69 Å². The van der Waals surface area contributed by atoms with Gasteiger partial charge in [-0.25, -0.2) is 4.79 Å². The molecule has 1 saturated heterocycles. The summed E-state index contributed by atoms with van der Waals surface area (Å²) in [6.07, 6.45) is 0.338. The number of benzene rings is 2. The van der Waals surface area contributed by atoms with E-state index in [-0.39, 0.29) is 17.9 Å². The molecule has 0 aliphatic carbocycles. The van der Waals surface area contributed by atoms with Gasteiger partial charge in [-0.1, -0.05) is 42.5 Å². The van der Waals surface area contributed by atoms with E-state index in [4.69, 9.17) is 4.74 Å². The second-order valence-corrected chi connectivity index (χ2v) is 6.79. The Morgan fingerprint density at radius 1 is 1.11 bits per heavy atom. The van der Waals surface area contributed by atoms with Gasteiger partial charge in [-0.3, -0.25) is 15.0 Å². The standard InChI is InChI=1S/C20H23N3O4/c1-21-12-11-19(27-20(21)24)15-22(13-16-5-3-2-4-6-16)14-17-7-9-18(10-8-17)23(25)26/h2-10,19H,11-15H2,1H3/t19-/m0/s1. The van der Waals surface area contributed by atoms with Gasteiger partial charge in [0.05, 0.1) is 4.92 Å². The number of hydrogen-bond donors (Lipinski definition) is 0. The molecule has 1 heterocycles. The van der Waals surface area contributed by atoms with Crippen LogP contribution in [0.5, 0.6) is 0 Å². The number of nitro benzene ring substituents is 1. The predicted octanol–water partition coefficient (Wildman–Crippen LogP) is 3.44. The van der Waals surface area contributed by atoms with Gasteiger partial charge in [0, 0.05) is 51.8 Å². The molecule has 27 heavy (non-hydrogen) atoms. The lowest BCUT2D eigenvalue weighted by Gasteiger charge is -2.33. The van der Waals surface area contributed by atoms with E-state index in [1.807, 2.05) is 18.2 Å². The van der Waals surface area contributed by atoms with Gasteiger partial charge in [-0.15, -0.1) is 0 Å². The smallest absolute Gasteiger partial charge is 0.409 e. The van der Waals surface area contributed by atoms with Crippen LogP contribution in [0.1, 0.15) is 17.5 Å². The van der Waals surface area contributed by atoms with Crippen molar-refractivity contribution in [2.45, 2.75) is 25.6 Å². The Bertz CT molecular complexity index is 780. The first kappa shape index (κ1) is 18.8. The molecule has 0 bridgehead atoms. The third kappa shape index (κ3) is 5.27. The summed E-state index contributed by atoms with van der Waals surface area (Å²) in [6.45, 7) is 2.63. The minimum absolute atomic E-state index is 0.0811. The number of carbonyl (C=O) groups is 1. The average Bonchev–Trinajstić information content (AvgIpc) is 2.66. The van der Waals surface area contributed by atoms with Crippen molar-refractivity contribution in [1.29, 1.82) is 0 Å². The van der Waals surface area contributed by atoms with Crippen LogP contribution in [-0.2, 0) is 17.8 Å². The fraction of sp³-hybridized carbons (Fsp3) is 0.350. The second kappa shape index (κ2) is 8.64. The zero-order chi connectivity index (χ0) is 19.2. The van der Waals surface area contributed by atoms with E-state index >= 15 is 0 Å². The first-order chi connectivity index (χ1) is 13.0. The normalized spacial score (nSPS) is 17.0. The van der Waals surface area contributed by atoms with Crippen molar-refractivity contribution in [1.82, 2.24) is 9.80 Å². The molecular formula is C20H23N3O4. The van der Waals surface area contributed by atoms with E-state index in [1.54, 1.807) is 24.1 Å². The van der Waals surface area contributed by atoms with Gasteiger partial charge in [0.1, 0.15) is 6.10 Å². The number of hydrogen-bond acceptors (Lipinski definition) is 5. The summed E-state index contributed by atoms with van der Waals surface area (Å²) in [5.74, 6) is 0. The molecule has 1 aliphatic heterocycles. The number of nitro groups is 1. The van der Waals surface area contributed by atoms with E-state index in [0.29, 0.717) is 26.2 Å². The molecule has 2 aromatic carbocycles. The van der Waals surface area contributed by atoms with Crippen LogP contribution in [0.15, 0.2) is 54.6 Å². The highest BCUT2D eigenvalue weighted by molar-refractivity contribution is 5.68. The van der Waals surface area contributed by atoms with Gasteiger partial charge in [0.2, 0.25) is 0 Å². The van der Waals surface area contributed by atoms with Crippen molar-refractivity contribution >= 4 is 11.8 Å². The highest BCUT2D eigenvalue weighted by Gasteiger charge is 2.26. The summed E-state index contributed by atoms with van der Waals surface area (Å²) >= 11 is 0. The molecule has 0 unspecified atom stereocenters. The lowest BCUT2D eigenvalue weighted by Crippen LogP contribution is -2.44. The van der Waals surface area contributed by atoms with Crippen molar-refractivity contribution in [3.8, 4) is 0 Å². The summed E-state index contributed by atoms with van der Waals surface area (Å²) in [5, 5.41) is 10.8. The Morgan fingerprint density at radius 2 is 1.74 bits per heavy atom. The molecule has 0 saturated carbocycles. The van der Waals surface area contributed by atoms with Crippen molar-refractivity contribution in [3.05, 3.63) is 75.8 Å². The van der Waals surface area contributed by atoms with E-state index in [0.717, 1.165) is 12.0 Å². The van der Waals surface area contributed by atoms with E-state index < -0.39 is 4.92 Å². The summed E-state index contributed by atoms with van der Waals surface area (Å²) < 4.78 is 5.51. The molecule has 7 heteroatoms. The number of cyclic esters (lactones) is 1. The minimum atomic E-state index is -0.399. The fourth-order valence-electron chi connectivity index (χ4n) is 3.14. The summed E-state index contributed by atoms with van der Waals surface area (Å²) in [4.78, 5) is 26.1. The van der Waals surface area contributed by atoms with Crippen LogP contribution in [0, 0.1) is 10.1 Å². The maximum Gasteiger partial charge on any atom is 0.409 e. The minimum Gasteiger partial charge on any atom is -0.445 e. The highest BCUT2D eigenvalue weighted by atomic mass is 16.6. The van der Waals surface area contributed by atoms with Gasteiger partial charge in [0.15, 0.2) is 0 Å². The molecule has 0 aromatic heterocycles. The Kier molecular flexibility index (Phi) is 6.03. The topological polar surface area (TPSA) is 75.9 Å². The van der Waals surface area contributed by atoms with E-state index in [2.05, 4.69) is 17.0 Å². The van der Waals surface area contributed by atoms with Crippen LogP contribution in [0.4, 0.5) is 10.5 Å². The van der Waals surface area contributed by atoms with Crippen LogP contribution in [0.3, 0.4) is 0 Å². The number of non-ortho nitro benzene ring substituents is 1. The number of rotatable bonds is 7. The molecule has 1 amide bonds. The van der Waals surface area contributed by atoms with E-state index in [1.165, 1.54) is 17.7 Å². The predicted molar refractivity (Wildman–Crippen MR) is 101 cm³/mol. The largest absolute Gasteiger partial charge is 0.445 e. The van der Waals surface area contributed by atoms with E-state index in [9.17, 15) is 14.9 Å². The molecule has 0 radical (unpaired) electrons. The molecular weight excluding hydrogens is 346 g/mol. The highest BCUT2D eigenvalue weighted by Crippen LogP contribution is 2.18.